The molecule has 0 saturated heterocycles. The Morgan fingerprint density at radius 1 is 0.400 bits per heavy atom. The van der Waals surface area contributed by atoms with E-state index in [0.717, 1.165) is 57.8 Å². The maximum Gasteiger partial charge on any atom is 0.472 e. The molecule has 75 heavy (non-hydrogen) atoms. The number of ether oxygens (including phenoxy) is 2. The van der Waals surface area contributed by atoms with Gasteiger partial charge in [0.25, 0.3) is 0 Å². The molecule has 0 spiro atoms. The fraction of sp³-hybridized carbons (Fsp3) is 0.877. The summed E-state index contributed by atoms with van der Waals surface area (Å²) in [6, 6.07) is 0. The van der Waals surface area contributed by atoms with Crippen LogP contribution in [0.15, 0.2) is 36.5 Å². The average molecular weight is 1080 g/mol. The Kier molecular flexibility index (Phi) is 60.0. The van der Waals surface area contributed by atoms with Crippen LogP contribution in [0.25, 0.3) is 0 Å². The molecule has 2 atom stereocenters. The number of esters is 2. The molecule has 0 aliphatic rings. The summed E-state index contributed by atoms with van der Waals surface area (Å²) in [5.41, 5.74) is 5.38. The topological polar surface area (TPSA) is 134 Å². The Morgan fingerprint density at radius 2 is 0.693 bits per heavy atom. The number of nitrogens with two attached hydrogens (primary N) is 1. The number of hydrogen-bond donors (Lipinski definition) is 2. The van der Waals surface area contributed by atoms with Crippen LogP contribution >= 0.6 is 7.82 Å². The molecule has 0 heterocycles. The third-order valence-corrected chi connectivity index (χ3v) is 15.5. The summed E-state index contributed by atoms with van der Waals surface area (Å²) in [4.78, 5) is 35.1. The summed E-state index contributed by atoms with van der Waals surface area (Å²) in [6.07, 6.45) is 75.4. The molecule has 442 valence electrons. The Bertz CT molecular complexity index is 1320. The number of phosphoric acid groups is 1. The monoisotopic (exact) mass is 1080 g/mol. The van der Waals surface area contributed by atoms with Crippen LogP contribution in [0, 0.1) is 0 Å². The highest BCUT2D eigenvalue weighted by Crippen LogP contribution is 2.43. The second-order valence-electron chi connectivity index (χ2n) is 22.0. The predicted molar refractivity (Wildman–Crippen MR) is 321 cm³/mol. The first-order chi connectivity index (χ1) is 36.8. The molecule has 0 bridgehead atoms. The van der Waals surface area contributed by atoms with Crippen molar-refractivity contribution in [2.75, 3.05) is 26.4 Å². The van der Waals surface area contributed by atoms with E-state index in [0.29, 0.717) is 6.42 Å². The standard InChI is InChI=1S/C65H124NO8P/c1-3-5-7-9-11-13-15-17-19-20-21-22-23-24-25-26-27-28-29-30-31-32-33-34-35-36-37-38-39-40-41-42-44-45-47-49-51-53-55-57-64(67)71-61-63(62-73-75(69,70)72-60-59-66)74-65(68)58-56-54-52-50-48-46-43-18-16-14-12-10-8-6-4-2/h12,14,18,20-21,43,63H,3-11,13,15-17,19,22-42,44-62,66H2,1-2H3,(H,69,70)/b14-12-,21-20-,43-18-. The average Bonchev–Trinajstić information content (AvgIpc) is 3.40. The van der Waals surface area contributed by atoms with Gasteiger partial charge in [0.05, 0.1) is 13.2 Å². The fourth-order valence-electron chi connectivity index (χ4n) is 9.67. The normalized spacial score (nSPS) is 13.2. The molecule has 2 unspecified atom stereocenters. The molecule has 0 fully saturated rings. The summed E-state index contributed by atoms with van der Waals surface area (Å²) in [5, 5.41) is 0. The highest BCUT2D eigenvalue weighted by atomic mass is 31.2. The first kappa shape index (κ1) is 73.2. The van der Waals surface area contributed by atoms with Crippen molar-refractivity contribution in [2.24, 2.45) is 5.73 Å². The molecule has 0 amide bonds. The summed E-state index contributed by atoms with van der Waals surface area (Å²) < 4.78 is 33.0. The zero-order valence-corrected chi connectivity index (χ0v) is 50.4. The van der Waals surface area contributed by atoms with Crippen LogP contribution in [0.4, 0.5) is 0 Å². The minimum Gasteiger partial charge on any atom is -0.462 e. The largest absolute Gasteiger partial charge is 0.472 e. The van der Waals surface area contributed by atoms with Gasteiger partial charge in [-0.1, -0.05) is 288 Å². The first-order valence-electron chi connectivity index (χ1n) is 32.5. The van der Waals surface area contributed by atoms with Crippen LogP contribution in [0.3, 0.4) is 0 Å². The van der Waals surface area contributed by atoms with Gasteiger partial charge in [0, 0.05) is 19.4 Å². The molecule has 0 aromatic rings. The predicted octanol–water partition coefficient (Wildman–Crippen LogP) is 20.7. The smallest absolute Gasteiger partial charge is 0.462 e. The van der Waals surface area contributed by atoms with Crippen molar-refractivity contribution in [3.63, 3.8) is 0 Å². The summed E-state index contributed by atoms with van der Waals surface area (Å²) >= 11 is 0. The molecule has 0 aromatic heterocycles. The van der Waals surface area contributed by atoms with Crippen molar-refractivity contribution < 1.29 is 37.6 Å². The fourth-order valence-corrected chi connectivity index (χ4v) is 10.4. The Labute approximate surface area is 464 Å². The van der Waals surface area contributed by atoms with Crippen molar-refractivity contribution >= 4 is 19.8 Å². The number of carbonyl (C=O) groups excluding carboxylic acids is 2. The van der Waals surface area contributed by atoms with Crippen LogP contribution in [0.2, 0.25) is 0 Å². The lowest BCUT2D eigenvalue weighted by Gasteiger charge is -2.19. The number of unbranched alkanes of at least 4 members (excludes halogenated alkanes) is 43. The molecular weight excluding hydrogens is 954 g/mol. The van der Waals surface area contributed by atoms with E-state index in [1.165, 1.54) is 244 Å². The first-order valence-corrected chi connectivity index (χ1v) is 34.0. The third-order valence-electron chi connectivity index (χ3n) is 14.5. The van der Waals surface area contributed by atoms with Crippen LogP contribution in [-0.2, 0) is 32.7 Å². The molecular formula is C65H124NO8P. The quantitative estimate of drug-likeness (QED) is 0.0264. The molecule has 10 heteroatoms. The van der Waals surface area contributed by atoms with E-state index in [-0.39, 0.29) is 38.6 Å². The number of hydrogen-bond acceptors (Lipinski definition) is 8. The van der Waals surface area contributed by atoms with Gasteiger partial charge in [-0.3, -0.25) is 18.6 Å². The van der Waals surface area contributed by atoms with Crippen LogP contribution < -0.4 is 5.73 Å². The van der Waals surface area contributed by atoms with E-state index in [4.69, 9.17) is 24.3 Å². The molecule has 0 aliphatic carbocycles. The lowest BCUT2D eigenvalue weighted by molar-refractivity contribution is -0.161. The molecule has 9 nitrogen and oxygen atoms in total. The second kappa shape index (κ2) is 61.4. The lowest BCUT2D eigenvalue weighted by atomic mass is 10.0. The van der Waals surface area contributed by atoms with Gasteiger partial charge in [-0.15, -0.1) is 0 Å². The minimum absolute atomic E-state index is 0.0523. The van der Waals surface area contributed by atoms with E-state index in [1.54, 1.807) is 0 Å². The maximum absolute atomic E-state index is 12.7. The van der Waals surface area contributed by atoms with Gasteiger partial charge < -0.3 is 20.1 Å². The van der Waals surface area contributed by atoms with Crippen molar-refractivity contribution in [1.29, 1.82) is 0 Å². The zero-order chi connectivity index (χ0) is 54.5. The third kappa shape index (κ3) is 61.3. The second-order valence-corrected chi connectivity index (χ2v) is 23.4. The Morgan fingerprint density at radius 3 is 1.05 bits per heavy atom. The van der Waals surface area contributed by atoms with Gasteiger partial charge >= 0.3 is 19.8 Å². The SMILES string of the molecule is CCCCC/C=C\C/C=C\CCCCCCCC(=O)OC(COC(=O)CCCCCCCCCCCCCCCCCCCCCCCCCCCCC/C=C\CCCCCCCCCC)COP(=O)(O)OCCN. The van der Waals surface area contributed by atoms with Crippen molar-refractivity contribution in [3.8, 4) is 0 Å². The van der Waals surface area contributed by atoms with E-state index in [9.17, 15) is 19.0 Å². The molecule has 0 saturated carbocycles. The van der Waals surface area contributed by atoms with Crippen molar-refractivity contribution in [3.05, 3.63) is 36.5 Å². The maximum atomic E-state index is 12.7. The molecule has 0 aromatic carbocycles. The van der Waals surface area contributed by atoms with E-state index >= 15 is 0 Å². The Balaban J connectivity index is 3.72. The number of phosphoric ester groups is 1. The minimum atomic E-state index is -4.39. The van der Waals surface area contributed by atoms with Gasteiger partial charge in [-0.2, -0.15) is 0 Å². The van der Waals surface area contributed by atoms with Gasteiger partial charge in [-0.25, -0.2) is 4.57 Å². The zero-order valence-electron chi connectivity index (χ0n) is 49.6. The lowest BCUT2D eigenvalue weighted by Crippen LogP contribution is -2.29. The number of carbonyl (C=O) groups is 2. The number of rotatable bonds is 62. The van der Waals surface area contributed by atoms with Gasteiger partial charge in [0.2, 0.25) is 0 Å². The van der Waals surface area contributed by atoms with E-state index < -0.39 is 26.5 Å². The summed E-state index contributed by atoms with van der Waals surface area (Å²) in [5.74, 6) is -0.830. The van der Waals surface area contributed by atoms with Crippen LogP contribution in [-0.4, -0.2) is 49.3 Å². The van der Waals surface area contributed by atoms with Crippen LogP contribution in [0.5, 0.6) is 0 Å². The molecule has 3 N–H and O–H groups in total. The van der Waals surface area contributed by atoms with Crippen LogP contribution in [0.1, 0.15) is 335 Å². The highest BCUT2D eigenvalue weighted by molar-refractivity contribution is 7.47. The van der Waals surface area contributed by atoms with Gasteiger partial charge in [0.15, 0.2) is 6.10 Å². The van der Waals surface area contributed by atoms with Gasteiger partial charge in [-0.05, 0) is 70.6 Å². The molecule has 0 aliphatic heterocycles. The summed E-state index contributed by atoms with van der Waals surface area (Å²) in [7, 11) is -4.39. The number of allylic oxidation sites excluding steroid dienone is 6. The van der Waals surface area contributed by atoms with Crippen molar-refractivity contribution in [1.82, 2.24) is 0 Å². The highest BCUT2D eigenvalue weighted by Gasteiger charge is 2.26. The summed E-state index contributed by atoms with van der Waals surface area (Å²) in [6.45, 7) is 3.74. The van der Waals surface area contributed by atoms with Gasteiger partial charge in [0.1, 0.15) is 6.61 Å². The van der Waals surface area contributed by atoms with E-state index in [1.807, 2.05) is 0 Å². The van der Waals surface area contributed by atoms with Crippen molar-refractivity contribution in [2.45, 2.75) is 341 Å². The molecule has 0 radical (unpaired) electrons. The van der Waals surface area contributed by atoms with E-state index in [2.05, 4.69) is 50.3 Å². The Hall–Kier alpha value is -1.77. The molecule has 0 rings (SSSR count).